The van der Waals surface area contributed by atoms with Gasteiger partial charge in [0.25, 0.3) is 5.91 Å². The number of hydrogen-bond donors (Lipinski definition) is 1. The number of carbonyl (C=O) groups excluding carboxylic acids is 1. The Kier molecular flexibility index (Phi) is 5.09. The second-order valence-corrected chi connectivity index (χ2v) is 5.53. The molecule has 2 aromatic rings. The van der Waals surface area contributed by atoms with E-state index in [2.05, 4.69) is 16.8 Å². The van der Waals surface area contributed by atoms with E-state index in [9.17, 15) is 4.79 Å². The largest absolute Gasteiger partial charge is 0.395 e. The van der Waals surface area contributed by atoms with Crippen molar-refractivity contribution >= 4 is 22.9 Å². The predicted molar refractivity (Wildman–Crippen MR) is 84.6 cm³/mol. The van der Waals surface area contributed by atoms with Gasteiger partial charge in [-0.3, -0.25) is 9.78 Å². The van der Waals surface area contributed by atoms with Gasteiger partial charge in [0.2, 0.25) is 0 Å². The smallest absolute Gasteiger partial charge is 0.268 e. The van der Waals surface area contributed by atoms with Crippen LogP contribution in [0.4, 0.5) is 5.69 Å². The SMILES string of the molecule is Cc1cc(C(=O)N(C)c2cccnc2)sc1C#CCCO. The van der Waals surface area contributed by atoms with Gasteiger partial charge in [0.15, 0.2) is 0 Å². The zero-order valence-electron chi connectivity index (χ0n) is 12.0. The Morgan fingerprint density at radius 2 is 2.33 bits per heavy atom. The van der Waals surface area contributed by atoms with Crippen molar-refractivity contribution < 1.29 is 9.90 Å². The zero-order valence-corrected chi connectivity index (χ0v) is 12.8. The standard InChI is InChI=1S/C16H16N2O2S/c1-12-10-15(21-14(12)7-3-4-9-19)16(20)18(2)13-6-5-8-17-11-13/h5-6,8,10-11,19H,4,9H2,1-2H3. The lowest BCUT2D eigenvalue weighted by atomic mass is 10.2. The first-order valence-corrected chi connectivity index (χ1v) is 7.33. The molecule has 0 atom stereocenters. The highest BCUT2D eigenvalue weighted by Crippen LogP contribution is 2.24. The van der Waals surface area contributed by atoms with E-state index in [0.29, 0.717) is 11.3 Å². The molecule has 5 heteroatoms. The Labute approximate surface area is 128 Å². The maximum absolute atomic E-state index is 12.5. The second kappa shape index (κ2) is 7.02. The van der Waals surface area contributed by atoms with Crippen molar-refractivity contribution in [3.8, 4) is 11.8 Å². The van der Waals surface area contributed by atoms with Crippen molar-refractivity contribution in [2.45, 2.75) is 13.3 Å². The molecule has 2 heterocycles. The number of thiophene rings is 1. The van der Waals surface area contributed by atoms with Crippen molar-refractivity contribution in [1.29, 1.82) is 0 Å². The Morgan fingerprint density at radius 3 is 3.00 bits per heavy atom. The maximum atomic E-state index is 12.5. The van der Waals surface area contributed by atoms with E-state index < -0.39 is 0 Å². The third kappa shape index (κ3) is 3.69. The molecule has 0 fully saturated rings. The molecule has 0 radical (unpaired) electrons. The summed E-state index contributed by atoms with van der Waals surface area (Å²) < 4.78 is 0. The highest BCUT2D eigenvalue weighted by Gasteiger charge is 2.17. The third-order valence-corrected chi connectivity index (χ3v) is 4.05. The number of aryl methyl sites for hydroxylation is 1. The Bertz CT molecular complexity index is 683. The van der Waals surface area contributed by atoms with E-state index in [0.717, 1.165) is 16.1 Å². The van der Waals surface area contributed by atoms with Crippen molar-refractivity contribution in [2.24, 2.45) is 0 Å². The maximum Gasteiger partial charge on any atom is 0.268 e. The first-order chi connectivity index (χ1) is 10.1. The van der Waals surface area contributed by atoms with Crippen molar-refractivity contribution in [2.75, 3.05) is 18.6 Å². The lowest BCUT2D eigenvalue weighted by Gasteiger charge is -2.15. The number of aliphatic hydroxyl groups is 1. The molecule has 108 valence electrons. The topological polar surface area (TPSA) is 53.4 Å². The number of nitrogens with zero attached hydrogens (tertiary/aromatic N) is 2. The van der Waals surface area contributed by atoms with Gasteiger partial charge in [0.1, 0.15) is 0 Å². The summed E-state index contributed by atoms with van der Waals surface area (Å²) in [4.78, 5) is 19.6. The number of hydrogen-bond acceptors (Lipinski definition) is 4. The van der Waals surface area contributed by atoms with Crippen LogP contribution in [0.1, 0.15) is 26.5 Å². The summed E-state index contributed by atoms with van der Waals surface area (Å²) >= 11 is 1.37. The minimum absolute atomic E-state index is 0.0486. The number of amides is 1. The van der Waals surface area contributed by atoms with Crippen molar-refractivity contribution in [1.82, 2.24) is 4.98 Å². The van der Waals surface area contributed by atoms with Gasteiger partial charge in [0.05, 0.1) is 28.2 Å². The summed E-state index contributed by atoms with van der Waals surface area (Å²) in [6.07, 6.45) is 3.77. The van der Waals surface area contributed by atoms with E-state index in [4.69, 9.17) is 5.11 Å². The van der Waals surface area contributed by atoms with Crippen LogP contribution in [0.2, 0.25) is 0 Å². The molecular weight excluding hydrogens is 284 g/mol. The van der Waals surface area contributed by atoms with Gasteiger partial charge in [-0.05, 0) is 30.7 Å². The first kappa shape index (κ1) is 15.2. The quantitative estimate of drug-likeness (QED) is 0.886. The second-order valence-electron chi connectivity index (χ2n) is 4.47. The molecule has 0 aliphatic carbocycles. The zero-order chi connectivity index (χ0) is 15.2. The van der Waals surface area contributed by atoms with Crippen LogP contribution in [0.15, 0.2) is 30.6 Å². The van der Waals surface area contributed by atoms with Gasteiger partial charge in [-0.15, -0.1) is 11.3 Å². The van der Waals surface area contributed by atoms with Gasteiger partial charge >= 0.3 is 0 Å². The summed E-state index contributed by atoms with van der Waals surface area (Å²) in [5.74, 6) is 5.80. The van der Waals surface area contributed by atoms with Crippen LogP contribution in [-0.2, 0) is 0 Å². The Morgan fingerprint density at radius 1 is 1.52 bits per heavy atom. The molecule has 21 heavy (non-hydrogen) atoms. The van der Waals surface area contributed by atoms with Crippen LogP contribution in [0.5, 0.6) is 0 Å². The fourth-order valence-electron chi connectivity index (χ4n) is 1.74. The average Bonchev–Trinajstić information content (AvgIpc) is 2.88. The van der Waals surface area contributed by atoms with E-state index >= 15 is 0 Å². The van der Waals surface area contributed by atoms with Crippen molar-refractivity contribution in [3.63, 3.8) is 0 Å². The minimum Gasteiger partial charge on any atom is -0.395 e. The number of carbonyl (C=O) groups is 1. The molecule has 0 saturated carbocycles. The molecule has 2 aromatic heterocycles. The highest BCUT2D eigenvalue weighted by atomic mass is 32.1. The molecule has 0 bridgehead atoms. The molecule has 1 N–H and O–H groups in total. The van der Waals surface area contributed by atoms with Gasteiger partial charge < -0.3 is 10.0 Å². The van der Waals surface area contributed by atoms with Gasteiger partial charge in [-0.1, -0.05) is 11.8 Å². The van der Waals surface area contributed by atoms with Crippen molar-refractivity contribution in [3.05, 3.63) is 45.9 Å². The Hall–Kier alpha value is -2.16. The predicted octanol–water partition coefficient (Wildman–Crippen LogP) is 2.46. The lowest BCUT2D eigenvalue weighted by Crippen LogP contribution is -2.25. The van der Waals surface area contributed by atoms with E-state index in [1.54, 1.807) is 30.4 Å². The molecule has 0 saturated heterocycles. The first-order valence-electron chi connectivity index (χ1n) is 6.51. The van der Waals surface area contributed by atoms with E-state index in [1.807, 2.05) is 19.1 Å². The number of rotatable bonds is 3. The van der Waals surface area contributed by atoms with Crippen LogP contribution in [0.25, 0.3) is 0 Å². The van der Waals surface area contributed by atoms with Crippen LogP contribution >= 0.6 is 11.3 Å². The minimum atomic E-state index is -0.0775. The summed E-state index contributed by atoms with van der Waals surface area (Å²) in [6, 6.07) is 5.49. The number of aliphatic hydroxyl groups excluding tert-OH is 1. The number of anilines is 1. The molecule has 0 spiro atoms. The van der Waals surface area contributed by atoms with Crippen LogP contribution in [-0.4, -0.2) is 29.7 Å². The highest BCUT2D eigenvalue weighted by molar-refractivity contribution is 7.14. The number of pyridine rings is 1. The summed E-state index contributed by atoms with van der Waals surface area (Å²) in [7, 11) is 1.73. The molecular formula is C16H16N2O2S. The fourth-order valence-corrected chi connectivity index (χ4v) is 2.77. The van der Waals surface area contributed by atoms with E-state index in [1.165, 1.54) is 11.3 Å². The monoisotopic (exact) mass is 300 g/mol. The Balaban J connectivity index is 2.21. The van der Waals surface area contributed by atoms with Crippen LogP contribution < -0.4 is 4.90 Å². The normalized spacial score (nSPS) is 9.86. The molecule has 4 nitrogen and oxygen atoms in total. The number of aromatic nitrogens is 1. The van der Waals surface area contributed by atoms with E-state index in [-0.39, 0.29) is 12.5 Å². The third-order valence-electron chi connectivity index (χ3n) is 2.91. The van der Waals surface area contributed by atoms with Gasteiger partial charge in [0, 0.05) is 19.7 Å². The summed E-state index contributed by atoms with van der Waals surface area (Å²) in [5.41, 5.74) is 1.73. The molecule has 0 aliphatic heterocycles. The van der Waals surface area contributed by atoms with Crippen LogP contribution in [0.3, 0.4) is 0 Å². The van der Waals surface area contributed by atoms with Gasteiger partial charge in [-0.2, -0.15) is 0 Å². The molecule has 1 amide bonds. The van der Waals surface area contributed by atoms with Crippen LogP contribution in [0, 0.1) is 18.8 Å². The molecule has 2 rings (SSSR count). The summed E-state index contributed by atoms with van der Waals surface area (Å²) in [5, 5.41) is 8.74. The summed E-state index contributed by atoms with van der Waals surface area (Å²) in [6.45, 7) is 1.98. The molecule has 0 unspecified atom stereocenters. The average molecular weight is 300 g/mol. The lowest BCUT2D eigenvalue weighted by molar-refractivity contribution is 0.0996. The molecule has 0 aliphatic rings. The molecule has 0 aromatic carbocycles. The van der Waals surface area contributed by atoms with Gasteiger partial charge in [-0.25, -0.2) is 0 Å². The fraction of sp³-hybridized carbons (Fsp3) is 0.250.